The van der Waals surface area contributed by atoms with Crippen molar-refractivity contribution in [2.24, 2.45) is 0 Å². The summed E-state index contributed by atoms with van der Waals surface area (Å²) in [7, 11) is 0. The molecule has 0 bridgehead atoms. The predicted octanol–water partition coefficient (Wildman–Crippen LogP) is 12.7. The second-order valence-electron chi connectivity index (χ2n) is 13.9. The Bertz CT molecular complexity index is 1430. The molecule has 0 saturated carbocycles. The molecule has 3 aromatic rings. The van der Waals surface area contributed by atoms with Gasteiger partial charge in [-0.1, -0.05) is 153 Å². The monoisotopic (exact) mass is 702 g/mol. The van der Waals surface area contributed by atoms with Crippen LogP contribution in [0.2, 0.25) is 0 Å². The van der Waals surface area contributed by atoms with Crippen molar-refractivity contribution in [1.29, 1.82) is 0 Å². The largest absolute Gasteiger partial charge is 0.494 e. The van der Waals surface area contributed by atoms with E-state index in [2.05, 4.69) is 37.5 Å². The van der Waals surface area contributed by atoms with E-state index in [4.69, 9.17) is 9.47 Å². The Morgan fingerprint density at radius 1 is 0.423 bits per heavy atom. The summed E-state index contributed by atoms with van der Waals surface area (Å²) in [5.41, 5.74) is 3.43. The number of benzene rings is 3. The SMILES string of the molecule is CCCCCCCCCCCCOc1ccc(C#Cc2cc(C=O)c(C=O)cc2C#Cc2ccc(OCCCCCCCCCCCC)cc2)cc1. The summed E-state index contributed by atoms with van der Waals surface area (Å²) in [6, 6.07) is 18.8. The van der Waals surface area contributed by atoms with Crippen molar-refractivity contribution in [3.63, 3.8) is 0 Å². The van der Waals surface area contributed by atoms with Gasteiger partial charge < -0.3 is 9.47 Å². The van der Waals surface area contributed by atoms with Crippen LogP contribution < -0.4 is 9.47 Å². The lowest BCUT2D eigenvalue weighted by Gasteiger charge is -2.06. The number of aldehydes is 2. The highest BCUT2D eigenvalue weighted by molar-refractivity contribution is 5.91. The molecule has 3 aromatic carbocycles. The first-order chi connectivity index (χ1) is 25.7. The van der Waals surface area contributed by atoms with Crippen LogP contribution in [0.4, 0.5) is 0 Å². The highest BCUT2D eigenvalue weighted by atomic mass is 16.5. The highest BCUT2D eigenvalue weighted by Gasteiger charge is 2.07. The molecule has 0 aliphatic heterocycles. The first-order valence-corrected chi connectivity index (χ1v) is 20.2. The number of hydrogen-bond donors (Lipinski definition) is 0. The van der Waals surface area contributed by atoms with Crippen molar-refractivity contribution in [1.82, 2.24) is 0 Å². The third-order valence-electron chi connectivity index (χ3n) is 9.40. The van der Waals surface area contributed by atoms with Gasteiger partial charge in [0.1, 0.15) is 11.5 Å². The fourth-order valence-corrected chi connectivity index (χ4v) is 6.15. The van der Waals surface area contributed by atoms with E-state index in [1.54, 1.807) is 12.1 Å². The molecule has 3 rings (SSSR count). The Labute approximate surface area is 315 Å². The van der Waals surface area contributed by atoms with E-state index in [-0.39, 0.29) is 0 Å². The Morgan fingerprint density at radius 3 is 1.04 bits per heavy atom. The van der Waals surface area contributed by atoms with Crippen LogP contribution in [0, 0.1) is 23.7 Å². The van der Waals surface area contributed by atoms with Crippen molar-refractivity contribution < 1.29 is 19.1 Å². The molecule has 4 heteroatoms. The van der Waals surface area contributed by atoms with Crippen LogP contribution >= 0.6 is 0 Å². The molecule has 0 amide bonds. The van der Waals surface area contributed by atoms with Crippen molar-refractivity contribution >= 4 is 12.6 Å². The minimum absolute atomic E-state index is 0.296. The molecule has 0 unspecified atom stereocenters. The number of ether oxygens (including phenoxy) is 2. The van der Waals surface area contributed by atoms with E-state index in [0.29, 0.717) is 34.8 Å². The van der Waals surface area contributed by atoms with Crippen molar-refractivity contribution in [2.75, 3.05) is 13.2 Å². The van der Waals surface area contributed by atoms with Gasteiger partial charge in [0, 0.05) is 33.4 Å². The van der Waals surface area contributed by atoms with E-state index in [9.17, 15) is 9.59 Å². The molecule has 0 heterocycles. The molecular formula is C48H62O4. The molecule has 0 aliphatic carbocycles. The quantitative estimate of drug-likeness (QED) is 0.0475. The Morgan fingerprint density at radius 2 is 0.731 bits per heavy atom. The maximum atomic E-state index is 11.7. The Balaban J connectivity index is 1.48. The van der Waals surface area contributed by atoms with E-state index >= 15 is 0 Å². The number of rotatable bonds is 26. The minimum Gasteiger partial charge on any atom is -0.494 e. The van der Waals surface area contributed by atoms with Crippen molar-refractivity contribution in [3.8, 4) is 35.2 Å². The minimum atomic E-state index is 0.296. The van der Waals surface area contributed by atoms with Gasteiger partial charge in [0.2, 0.25) is 0 Å². The number of carbonyl (C=O) groups is 2. The summed E-state index contributed by atoms with van der Waals surface area (Å²) in [4.78, 5) is 23.4. The summed E-state index contributed by atoms with van der Waals surface area (Å²) >= 11 is 0. The predicted molar refractivity (Wildman–Crippen MR) is 217 cm³/mol. The normalized spacial score (nSPS) is 10.5. The van der Waals surface area contributed by atoms with Gasteiger partial charge in [0.25, 0.3) is 0 Å². The lowest BCUT2D eigenvalue weighted by molar-refractivity contribution is 0.109. The number of hydrogen-bond acceptors (Lipinski definition) is 4. The summed E-state index contributed by atoms with van der Waals surface area (Å²) in [5, 5.41) is 0. The summed E-state index contributed by atoms with van der Waals surface area (Å²) in [5.74, 6) is 14.4. The van der Waals surface area contributed by atoms with Gasteiger partial charge in [-0.2, -0.15) is 0 Å². The second-order valence-corrected chi connectivity index (χ2v) is 13.9. The van der Waals surface area contributed by atoms with Crippen LogP contribution in [0.3, 0.4) is 0 Å². The van der Waals surface area contributed by atoms with Crippen LogP contribution in [0.25, 0.3) is 0 Å². The molecule has 52 heavy (non-hydrogen) atoms. The van der Waals surface area contributed by atoms with Crippen LogP contribution in [-0.4, -0.2) is 25.8 Å². The topological polar surface area (TPSA) is 52.6 Å². The molecule has 0 aliphatic rings. The molecule has 278 valence electrons. The van der Waals surface area contributed by atoms with E-state index < -0.39 is 0 Å². The molecule has 0 fully saturated rings. The lowest BCUT2D eigenvalue weighted by Crippen LogP contribution is -1.97. The van der Waals surface area contributed by atoms with Crippen LogP contribution in [-0.2, 0) is 0 Å². The average Bonchev–Trinajstić information content (AvgIpc) is 3.18. The Hall–Kier alpha value is -4.28. The zero-order chi connectivity index (χ0) is 36.9. The molecule has 0 N–H and O–H groups in total. The molecule has 0 atom stereocenters. The fourth-order valence-electron chi connectivity index (χ4n) is 6.15. The summed E-state index contributed by atoms with van der Waals surface area (Å²) in [6.45, 7) is 5.96. The maximum Gasteiger partial charge on any atom is 0.150 e. The standard InChI is InChI=1S/C48H62O4/c1-3-5-7-9-11-13-15-17-19-21-35-51-47-31-25-41(26-32-47)23-29-43-37-45(39-49)46(40-50)38-44(43)30-24-42-27-33-48(34-28-42)52-36-22-20-18-16-14-12-10-8-6-4-2/h25-28,31-34,37-40H,3-22,35-36H2,1-2H3. The van der Waals surface area contributed by atoms with Gasteiger partial charge in [0.15, 0.2) is 12.6 Å². The van der Waals surface area contributed by atoms with Gasteiger partial charge in [-0.05, 0) is 73.5 Å². The molecule has 0 spiro atoms. The first-order valence-electron chi connectivity index (χ1n) is 20.2. The average molecular weight is 703 g/mol. The van der Waals surface area contributed by atoms with Crippen molar-refractivity contribution in [3.05, 3.63) is 94.0 Å². The Kier molecular flexibility index (Phi) is 22.2. The number of unbranched alkanes of at least 4 members (excludes halogenated alkanes) is 18. The second kappa shape index (κ2) is 27.4. The maximum absolute atomic E-state index is 11.7. The van der Waals surface area contributed by atoms with Gasteiger partial charge >= 0.3 is 0 Å². The number of carbonyl (C=O) groups excluding carboxylic acids is 2. The lowest BCUT2D eigenvalue weighted by atomic mass is 9.99. The summed E-state index contributed by atoms with van der Waals surface area (Å²) < 4.78 is 11.9. The van der Waals surface area contributed by atoms with Gasteiger partial charge in [-0.15, -0.1) is 0 Å². The van der Waals surface area contributed by atoms with E-state index in [0.717, 1.165) is 48.7 Å². The van der Waals surface area contributed by atoms with Gasteiger partial charge in [-0.3, -0.25) is 9.59 Å². The van der Waals surface area contributed by atoms with Crippen LogP contribution in [0.1, 0.15) is 185 Å². The molecule has 0 aromatic heterocycles. The van der Waals surface area contributed by atoms with E-state index in [1.165, 1.54) is 116 Å². The van der Waals surface area contributed by atoms with Crippen LogP contribution in [0.5, 0.6) is 11.5 Å². The van der Waals surface area contributed by atoms with Crippen LogP contribution in [0.15, 0.2) is 60.7 Å². The van der Waals surface area contributed by atoms with Crippen molar-refractivity contribution in [2.45, 2.75) is 142 Å². The highest BCUT2D eigenvalue weighted by Crippen LogP contribution is 2.18. The molecule has 0 radical (unpaired) electrons. The fraction of sp³-hybridized carbons (Fsp3) is 0.500. The smallest absolute Gasteiger partial charge is 0.150 e. The zero-order valence-electron chi connectivity index (χ0n) is 32.1. The third-order valence-corrected chi connectivity index (χ3v) is 9.40. The first kappa shape index (κ1) is 42.1. The van der Waals surface area contributed by atoms with Gasteiger partial charge in [0.05, 0.1) is 13.2 Å². The zero-order valence-corrected chi connectivity index (χ0v) is 32.1. The third kappa shape index (κ3) is 17.8. The van der Waals surface area contributed by atoms with Gasteiger partial charge in [-0.25, -0.2) is 0 Å². The van der Waals surface area contributed by atoms with E-state index in [1.807, 2.05) is 48.5 Å². The summed E-state index contributed by atoms with van der Waals surface area (Å²) in [6.07, 6.45) is 27.4. The molecule has 4 nitrogen and oxygen atoms in total. The molecule has 0 saturated heterocycles. The molecular weight excluding hydrogens is 641 g/mol.